The van der Waals surface area contributed by atoms with Gasteiger partial charge in [0.15, 0.2) is 0 Å². The van der Waals surface area contributed by atoms with Gasteiger partial charge in [-0.2, -0.15) is 0 Å². The van der Waals surface area contributed by atoms with Gasteiger partial charge in [-0.25, -0.2) is 4.79 Å². The zero-order valence-corrected chi connectivity index (χ0v) is 14.8. The Bertz CT molecular complexity index is 724. The van der Waals surface area contributed by atoms with Crippen molar-refractivity contribution in [3.8, 4) is 5.75 Å². The maximum Gasteiger partial charge on any atom is 0.339 e. The van der Waals surface area contributed by atoms with Crippen molar-refractivity contribution < 1.29 is 19.1 Å². The molecule has 0 aliphatic rings. The summed E-state index contributed by atoms with van der Waals surface area (Å²) in [5, 5.41) is 2.99. The van der Waals surface area contributed by atoms with E-state index in [4.69, 9.17) is 4.74 Å². The fourth-order valence-electron chi connectivity index (χ4n) is 2.43. The van der Waals surface area contributed by atoms with Crippen LogP contribution >= 0.6 is 0 Å². The van der Waals surface area contributed by atoms with Gasteiger partial charge in [-0.05, 0) is 35.7 Å². The zero-order valence-electron chi connectivity index (χ0n) is 14.8. The van der Waals surface area contributed by atoms with Crippen molar-refractivity contribution in [3.63, 3.8) is 0 Å². The second kappa shape index (κ2) is 8.28. The quantitative estimate of drug-likeness (QED) is 0.817. The van der Waals surface area contributed by atoms with Crippen molar-refractivity contribution in [3.05, 3.63) is 59.4 Å². The lowest BCUT2D eigenvalue weighted by atomic mass is 9.95. The van der Waals surface area contributed by atoms with Crippen LogP contribution in [0.4, 0.5) is 0 Å². The van der Waals surface area contributed by atoms with E-state index in [1.807, 2.05) is 38.1 Å². The number of benzene rings is 1. The summed E-state index contributed by atoms with van der Waals surface area (Å²) in [6, 6.07) is 10.4. The van der Waals surface area contributed by atoms with Crippen LogP contribution in [0, 0.1) is 5.92 Å². The Morgan fingerprint density at radius 1 is 1.04 bits per heavy atom. The molecule has 0 aliphatic carbocycles. The molecule has 132 valence electrons. The Kier molecular flexibility index (Phi) is 6.11. The average Bonchev–Trinajstić information content (AvgIpc) is 2.65. The van der Waals surface area contributed by atoms with E-state index in [1.165, 1.54) is 25.4 Å². The highest BCUT2D eigenvalue weighted by molar-refractivity contribution is 5.94. The van der Waals surface area contributed by atoms with Crippen molar-refractivity contribution in [1.29, 1.82) is 0 Å². The standard InChI is InChI=1S/C19H22N2O4/c1-12(2)17(13-5-8-15(24-3)9-6-13)21-18(22)16-10-7-14(11-20-16)19(23)25-4/h5-12,17H,1-4H3,(H,21,22). The smallest absolute Gasteiger partial charge is 0.339 e. The van der Waals surface area contributed by atoms with Crippen LogP contribution in [0.1, 0.15) is 46.3 Å². The Morgan fingerprint density at radius 3 is 2.20 bits per heavy atom. The molecule has 1 N–H and O–H groups in total. The molecule has 0 radical (unpaired) electrons. The van der Waals surface area contributed by atoms with E-state index in [9.17, 15) is 9.59 Å². The van der Waals surface area contributed by atoms with Gasteiger partial charge in [-0.1, -0.05) is 26.0 Å². The number of nitrogens with zero attached hydrogens (tertiary/aromatic N) is 1. The zero-order chi connectivity index (χ0) is 18.4. The third-order valence-corrected chi connectivity index (χ3v) is 3.85. The fraction of sp³-hybridized carbons (Fsp3) is 0.316. The van der Waals surface area contributed by atoms with Crippen LogP contribution in [0.25, 0.3) is 0 Å². The van der Waals surface area contributed by atoms with Gasteiger partial charge in [0, 0.05) is 6.20 Å². The van der Waals surface area contributed by atoms with Crippen LogP contribution in [0.3, 0.4) is 0 Å². The molecule has 0 saturated carbocycles. The Hall–Kier alpha value is -2.89. The molecule has 0 fully saturated rings. The lowest BCUT2D eigenvalue weighted by Crippen LogP contribution is -2.32. The molecule has 2 rings (SSSR count). The minimum absolute atomic E-state index is 0.166. The van der Waals surface area contributed by atoms with Gasteiger partial charge >= 0.3 is 5.97 Å². The summed E-state index contributed by atoms with van der Waals surface area (Å²) >= 11 is 0. The second-order valence-electron chi connectivity index (χ2n) is 5.89. The van der Waals surface area contributed by atoms with Crippen LogP contribution in [0.15, 0.2) is 42.6 Å². The summed E-state index contributed by atoms with van der Waals surface area (Å²) in [7, 11) is 2.91. The Labute approximate surface area is 147 Å². The normalized spacial score (nSPS) is 11.7. The molecule has 1 amide bonds. The van der Waals surface area contributed by atoms with Crippen LogP contribution in [0.2, 0.25) is 0 Å². The number of methoxy groups -OCH3 is 2. The first-order valence-electron chi connectivity index (χ1n) is 7.95. The van der Waals surface area contributed by atoms with Gasteiger partial charge in [0.05, 0.1) is 25.8 Å². The van der Waals surface area contributed by atoms with E-state index in [0.717, 1.165) is 11.3 Å². The Morgan fingerprint density at radius 2 is 1.72 bits per heavy atom. The molecule has 1 heterocycles. The number of carbonyl (C=O) groups excluding carboxylic acids is 2. The number of ether oxygens (including phenoxy) is 2. The molecule has 1 aromatic carbocycles. The van der Waals surface area contributed by atoms with E-state index >= 15 is 0 Å². The number of aromatic nitrogens is 1. The van der Waals surface area contributed by atoms with E-state index in [0.29, 0.717) is 5.56 Å². The molecule has 0 aliphatic heterocycles. The van der Waals surface area contributed by atoms with Gasteiger partial charge in [-0.15, -0.1) is 0 Å². The summed E-state index contributed by atoms with van der Waals surface area (Å²) in [6.07, 6.45) is 1.33. The van der Waals surface area contributed by atoms with Gasteiger partial charge in [-0.3, -0.25) is 9.78 Å². The average molecular weight is 342 g/mol. The van der Waals surface area contributed by atoms with E-state index in [-0.39, 0.29) is 23.6 Å². The molecular formula is C19H22N2O4. The molecule has 1 unspecified atom stereocenters. The molecule has 0 bridgehead atoms. The number of esters is 1. The highest BCUT2D eigenvalue weighted by Gasteiger charge is 2.20. The van der Waals surface area contributed by atoms with Crippen molar-refractivity contribution >= 4 is 11.9 Å². The highest BCUT2D eigenvalue weighted by Crippen LogP contribution is 2.24. The lowest BCUT2D eigenvalue weighted by Gasteiger charge is -2.23. The van der Waals surface area contributed by atoms with E-state index in [1.54, 1.807) is 7.11 Å². The van der Waals surface area contributed by atoms with Crippen molar-refractivity contribution in [2.75, 3.05) is 14.2 Å². The van der Waals surface area contributed by atoms with Crippen molar-refractivity contribution in [1.82, 2.24) is 10.3 Å². The van der Waals surface area contributed by atoms with Gasteiger partial charge in [0.1, 0.15) is 11.4 Å². The molecule has 6 heteroatoms. The highest BCUT2D eigenvalue weighted by atomic mass is 16.5. The number of amides is 1. The monoisotopic (exact) mass is 342 g/mol. The predicted octanol–water partition coefficient (Wildman–Crippen LogP) is 3.00. The number of pyridine rings is 1. The first-order chi connectivity index (χ1) is 12.0. The summed E-state index contributed by atoms with van der Waals surface area (Å²) < 4.78 is 9.78. The number of hydrogen-bond acceptors (Lipinski definition) is 5. The number of rotatable bonds is 6. The van der Waals surface area contributed by atoms with Gasteiger partial charge in [0.25, 0.3) is 5.91 Å². The summed E-state index contributed by atoms with van der Waals surface area (Å²) in [4.78, 5) is 28.0. The number of carbonyl (C=O) groups is 2. The van der Waals surface area contributed by atoms with Crippen molar-refractivity contribution in [2.24, 2.45) is 5.92 Å². The SMILES string of the molecule is COC(=O)c1ccc(C(=O)NC(c2ccc(OC)cc2)C(C)C)nc1. The summed E-state index contributed by atoms with van der Waals surface area (Å²) in [5.74, 6) is 0.160. The molecule has 0 spiro atoms. The van der Waals surface area contributed by atoms with Crippen LogP contribution in [0.5, 0.6) is 5.75 Å². The number of hydrogen-bond donors (Lipinski definition) is 1. The fourth-order valence-corrected chi connectivity index (χ4v) is 2.43. The molecule has 2 aromatic rings. The van der Waals surface area contributed by atoms with Crippen LogP contribution < -0.4 is 10.1 Å². The Balaban J connectivity index is 2.15. The third-order valence-electron chi connectivity index (χ3n) is 3.85. The molecule has 0 saturated heterocycles. The molecular weight excluding hydrogens is 320 g/mol. The first-order valence-corrected chi connectivity index (χ1v) is 7.95. The minimum atomic E-state index is -0.488. The van der Waals surface area contributed by atoms with E-state index in [2.05, 4.69) is 15.0 Å². The van der Waals surface area contributed by atoms with E-state index < -0.39 is 5.97 Å². The van der Waals surface area contributed by atoms with Gasteiger partial charge in [0.2, 0.25) is 0 Å². The number of nitrogens with one attached hydrogen (secondary N) is 1. The molecule has 25 heavy (non-hydrogen) atoms. The second-order valence-corrected chi connectivity index (χ2v) is 5.89. The minimum Gasteiger partial charge on any atom is -0.497 e. The predicted molar refractivity (Wildman–Crippen MR) is 93.6 cm³/mol. The van der Waals surface area contributed by atoms with Crippen LogP contribution in [-0.2, 0) is 4.74 Å². The first kappa shape index (κ1) is 18.4. The van der Waals surface area contributed by atoms with Gasteiger partial charge < -0.3 is 14.8 Å². The molecule has 6 nitrogen and oxygen atoms in total. The lowest BCUT2D eigenvalue weighted by molar-refractivity contribution is 0.0599. The maximum absolute atomic E-state index is 12.5. The molecule has 1 aromatic heterocycles. The maximum atomic E-state index is 12.5. The summed E-state index contributed by atoms with van der Waals surface area (Å²) in [5.41, 5.74) is 1.52. The summed E-state index contributed by atoms with van der Waals surface area (Å²) in [6.45, 7) is 4.06. The third kappa shape index (κ3) is 4.56. The topological polar surface area (TPSA) is 77.5 Å². The molecule has 1 atom stereocenters. The van der Waals surface area contributed by atoms with Crippen molar-refractivity contribution in [2.45, 2.75) is 19.9 Å². The largest absolute Gasteiger partial charge is 0.497 e. The van der Waals surface area contributed by atoms with Crippen LogP contribution in [-0.4, -0.2) is 31.1 Å².